The molecule has 0 aliphatic heterocycles. The number of hydrogen-bond acceptors (Lipinski definition) is 3. The third-order valence-corrected chi connectivity index (χ3v) is 3.89. The van der Waals surface area contributed by atoms with Crippen LogP contribution in [-0.2, 0) is 16.1 Å². The van der Waals surface area contributed by atoms with Crippen LogP contribution >= 0.6 is 11.6 Å². The molecule has 0 amide bonds. The minimum atomic E-state index is -0.655. The van der Waals surface area contributed by atoms with Gasteiger partial charge in [0.2, 0.25) is 0 Å². The minimum Gasteiger partial charge on any atom is -0.466 e. The Labute approximate surface area is 147 Å². The second kappa shape index (κ2) is 7.03. The van der Waals surface area contributed by atoms with Crippen molar-refractivity contribution in [2.45, 2.75) is 6.54 Å². The van der Waals surface area contributed by atoms with Gasteiger partial charge in [-0.2, -0.15) is 5.10 Å². The van der Waals surface area contributed by atoms with Gasteiger partial charge in [0.15, 0.2) is 0 Å². The highest BCUT2D eigenvalue weighted by atomic mass is 35.5. The van der Waals surface area contributed by atoms with E-state index in [1.54, 1.807) is 22.9 Å². The molecule has 0 saturated carbocycles. The van der Waals surface area contributed by atoms with Crippen molar-refractivity contribution in [3.8, 4) is 0 Å². The lowest BCUT2D eigenvalue weighted by molar-refractivity contribution is -0.134. The number of hydrogen-bond donors (Lipinski definition) is 0. The fraction of sp³-hybridized carbons (Fsp3) is 0.111. The van der Waals surface area contributed by atoms with Crippen molar-refractivity contribution >= 4 is 34.5 Å². The molecule has 3 aromatic rings. The van der Waals surface area contributed by atoms with Gasteiger partial charge in [-0.3, -0.25) is 4.68 Å². The number of nitrogens with zero attached hydrogens (tertiary/aromatic N) is 2. The summed E-state index contributed by atoms with van der Waals surface area (Å²) in [6.45, 7) is 0.0923. The first-order chi connectivity index (χ1) is 12.0. The Morgan fingerprint density at radius 2 is 2.08 bits per heavy atom. The summed E-state index contributed by atoms with van der Waals surface area (Å²) in [6.07, 6.45) is 2.76. The molecule has 0 N–H and O–H groups in total. The normalized spacial score (nSPS) is 11.4. The maximum Gasteiger partial charge on any atom is 0.330 e. The van der Waals surface area contributed by atoms with E-state index in [2.05, 4.69) is 9.84 Å². The smallest absolute Gasteiger partial charge is 0.330 e. The summed E-state index contributed by atoms with van der Waals surface area (Å²) < 4.78 is 33.1. The summed E-state index contributed by atoms with van der Waals surface area (Å²) in [5, 5.41) is 5.64. The van der Waals surface area contributed by atoms with E-state index in [4.69, 9.17) is 11.6 Å². The van der Waals surface area contributed by atoms with Crippen molar-refractivity contribution in [2.24, 2.45) is 0 Å². The summed E-state index contributed by atoms with van der Waals surface area (Å²) in [5.41, 5.74) is 1.47. The summed E-state index contributed by atoms with van der Waals surface area (Å²) in [7, 11) is 1.28. The highest BCUT2D eigenvalue weighted by Gasteiger charge is 2.12. The van der Waals surface area contributed by atoms with E-state index in [0.29, 0.717) is 16.2 Å². The Bertz CT molecular complexity index is 983. The van der Waals surface area contributed by atoms with E-state index in [0.717, 1.165) is 11.5 Å². The van der Waals surface area contributed by atoms with Gasteiger partial charge in [-0.25, -0.2) is 13.6 Å². The lowest BCUT2D eigenvalue weighted by atomic mass is 10.2. The van der Waals surface area contributed by atoms with E-state index < -0.39 is 17.6 Å². The number of halogens is 3. The fourth-order valence-corrected chi connectivity index (χ4v) is 2.61. The average Bonchev–Trinajstić information content (AvgIpc) is 2.92. The molecule has 0 radical (unpaired) electrons. The molecule has 0 fully saturated rings. The number of carbonyl (C=O) groups excluding carboxylic acids is 1. The van der Waals surface area contributed by atoms with Gasteiger partial charge in [-0.15, -0.1) is 0 Å². The van der Waals surface area contributed by atoms with Gasteiger partial charge in [-0.05, 0) is 30.3 Å². The Hall–Kier alpha value is -2.73. The van der Waals surface area contributed by atoms with Crippen molar-refractivity contribution in [1.29, 1.82) is 0 Å². The number of fused-ring (bicyclic) bond motifs is 1. The fourth-order valence-electron chi connectivity index (χ4n) is 2.44. The summed E-state index contributed by atoms with van der Waals surface area (Å²) >= 11 is 6.05. The van der Waals surface area contributed by atoms with E-state index in [1.807, 2.05) is 0 Å². The van der Waals surface area contributed by atoms with Crippen LogP contribution < -0.4 is 0 Å². The largest absolute Gasteiger partial charge is 0.466 e. The van der Waals surface area contributed by atoms with E-state index in [1.165, 1.54) is 31.4 Å². The van der Waals surface area contributed by atoms with Crippen LogP contribution in [-0.4, -0.2) is 22.9 Å². The number of carbonyl (C=O) groups is 1. The molecule has 0 aliphatic carbocycles. The average molecular weight is 363 g/mol. The molecule has 0 spiro atoms. The van der Waals surface area contributed by atoms with Crippen molar-refractivity contribution in [1.82, 2.24) is 9.78 Å². The summed E-state index contributed by atoms with van der Waals surface area (Å²) in [6, 6.07) is 8.54. The first-order valence-corrected chi connectivity index (χ1v) is 7.72. The molecule has 1 aromatic heterocycles. The van der Waals surface area contributed by atoms with Crippen LogP contribution in [0.25, 0.3) is 17.0 Å². The summed E-state index contributed by atoms with van der Waals surface area (Å²) in [5.74, 6) is -1.81. The monoisotopic (exact) mass is 362 g/mol. The third kappa shape index (κ3) is 3.69. The highest BCUT2D eigenvalue weighted by Crippen LogP contribution is 2.25. The second-order valence-corrected chi connectivity index (χ2v) is 5.73. The van der Waals surface area contributed by atoms with Gasteiger partial charge >= 0.3 is 5.97 Å². The van der Waals surface area contributed by atoms with Gasteiger partial charge in [-0.1, -0.05) is 17.7 Å². The molecule has 128 valence electrons. The van der Waals surface area contributed by atoms with Crippen LogP contribution in [0.5, 0.6) is 0 Å². The number of benzene rings is 2. The Morgan fingerprint density at radius 1 is 1.28 bits per heavy atom. The summed E-state index contributed by atoms with van der Waals surface area (Å²) in [4.78, 5) is 11.3. The van der Waals surface area contributed by atoms with E-state index >= 15 is 0 Å². The molecule has 4 nitrogen and oxygen atoms in total. The molecule has 2 aromatic carbocycles. The Kier molecular flexibility index (Phi) is 4.81. The zero-order valence-corrected chi connectivity index (χ0v) is 13.9. The van der Waals surface area contributed by atoms with Crippen LogP contribution in [0, 0.1) is 11.6 Å². The molecule has 25 heavy (non-hydrogen) atoms. The molecule has 0 saturated heterocycles. The van der Waals surface area contributed by atoms with Crippen molar-refractivity contribution in [2.75, 3.05) is 7.11 Å². The van der Waals surface area contributed by atoms with Gasteiger partial charge in [0.1, 0.15) is 11.6 Å². The van der Waals surface area contributed by atoms with Gasteiger partial charge in [0.05, 0.1) is 24.9 Å². The maximum absolute atomic E-state index is 13.9. The molecule has 3 rings (SSSR count). The van der Waals surface area contributed by atoms with Crippen molar-refractivity contribution < 1.29 is 18.3 Å². The zero-order valence-electron chi connectivity index (χ0n) is 13.2. The Morgan fingerprint density at radius 3 is 2.80 bits per heavy atom. The minimum absolute atomic E-state index is 0.0923. The molecule has 7 heteroatoms. The number of esters is 1. The maximum atomic E-state index is 13.9. The highest BCUT2D eigenvalue weighted by molar-refractivity contribution is 6.31. The third-order valence-electron chi connectivity index (χ3n) is 3.66. The van der Waals surface area contributed by atoms with Crippen LogP contribution in [0.2, 0.25) is 5.02 Å². The number of methoxy groups -OCH3 is 1. The second-order valence-electron chi connectivity index (χ2n) is 5.30. The topological polar surface area (TPSA) is 44.1 Å². The lowest BCUT2D eigenvalue weighted by Gasteiger charge is -2.05. The van der Waals surface area contributed by atoms with Crippen molar-refractivity contribution in [3.63, 3.8) is 0 Å². The van der Waals surface area contributed by atoms with Gasteiger partial charge < -0.3 is 4.74 Å². The van der Waals surface area contributed by atoms with Crippen LogP contribution in [0.15, 0.2) is 42.5 Å². The quantitative estimate of drug-likeness (QED) is 0.516. The SMILES string of the molecule is COC(=O)C=Cc1nn(Cc2ccc(F)cc2F)c2cc(Cl)ccc12. The predicted molar refractivity (Wildman–Crippen MR) is 91.3 cm³/mol. The van der Waals surface area contributed by atoms with E-state index in [-0.39, 0.29) is 12.1 Å². The standard InChI is InChI=1S/C18H13ClF2N2O2/c1-25-18(24)7-6-16-14-5-3-12(19)8-17(14)23(22-16)10-11-2-4-13(20)9-15(11)21/h2-9H,10H2,1H3. The molecule has 0 unspecified atom stereocenters. The lowest BCUT2D eigenvalue weighted by Crippen LogP contribution is -2.04. The molecule has 0 aliphatic rings. The van der Waals surface area contributed by atoms with Crippen LogP contribution in [0.1, 0.15) is 11.3 Å². The van der Waals surface area contributed by atoms with Crippen molar-refractivity contribution in [3.05, 3.63) is 70.4 Å². The molecular weight excluding hydrogens is 350 g/mol. The zero-order chi connectivity index (χ0) is 18.0. The number of ether oxygens (including phenoxy) is 1. The number of aromatic nitrogens is 2. The Balaban J connectivity index is 2.06. The predicted octanol–water partition coefficient (Wildman–Crippen LogP) is 4.20. The number of rotatable bonds is 4. The first kappa shape index (κ1) is 17.1. The van der Waals surface area contributed by atoms with Crippen LogP contribution in [0.4, 0.5) is 8.78 Å². The van der Waals surface area contributed by atoms with Crippen LogP contribution in [0.3, 0.4) is 0 Å². The van der Waals surface area contributed by atoms with Gasteiger partial charge in [0.25, 0.3) is 0 Å². The molecule has 0 bridgehead atoms. The van der Waals surface area contributed by atoms with Gasteiger partial charge in [0, 0.05) is 28.1 Å². The molecular formula is C18H13ClF2N2O2. The van der Waals surface area contributed by atoms with E-state index in [9.17, 15) is 13.6 Å². The first-order valence-electron chi connectivity index (χ1n) is 7.34. The molecule has 1 heterocycles. The molecule has 0 atom stereocenters.